The minimum Gasteiger partial charge on any atom is -0.360 e. The van der Waals surface area contributed by atoms with Crippen LogP contribution in [-0.4, -0.2) is 48.5 Å². The minimum absolute atomic E-state index is 0.149. The van der Waals surface area contributed by atoms with E-state index < -0.39 is 10.0 Å². The van der Waals surface area contributed by atoms with Gasteiger partial charge in [-0.25, -0.2) is 8.42 Å². The third-order valence-corrected chi connectivity index (χ3v) is 8.62. The van der Waals surface area contributed by atoms with E-state index in [1.165, 1.54) is 5.56 Å². The Hall–Kier alpha value is -1.70. The van der Waals surface area contributed by atoms with E-state index in [2.05, 4.69) is 48.2 Å². The Kier molecular flexibility index (Phi) is 4.88. The van der Waals surface area contributed by atoms with Crippen LogP contribution in [0.1, 0.15) is 49.7 Å². The molecule has 7 heteroatoms. The Morgan fingerprint density at radius 1 is 1.14 bits per heavy atom. The molecule has 2 aromatic rings. The van der Waals surface area contributed by atoms with Crippen molar-refractivity contribution < 1.29 is 12.9 Å². The molecule has 2 aliphatic rings. The molecule has 0 N–H and O–H groups in total. The normalized spacial score (nSPS) is 23.2. The number of hydrogen-bond acceptors (Lipinski definition) is 5. The van der Waals surface area contributed by atoms with Crippen LogP contribution in [-0.2, 0) is 10.0 Å². The first-order chi connectivity index (χ1) is 13.3. The van der Waals surface area contributed by atoms with E-state index in [0.29, 0.717) is 36.6 Å². The molecule has 3 heterocycles. The first kappa shape index (κ1) is 19.6. The number of sulfonamides is 1. The molecule has 1 atom stereocenters. The molecule has 1 aromatic heterocycles. The van der Waals surface area contributed by atoms with Crippen LogP contribution in [0.4, 0.5) is 0 Å². The Bertz CT molecular complexity index is 925. The second-order valence-electron chi connectivity index (χ2n) is 8.50. The van der Waals surface area contributed by atoms with Crippen LogP contribution < -0.4 is 0 Å². The van der Waals surface area contributed by atoms with Gasteiger partial charge < -0.3 is 4.52 Å². The van der Waals surface area contributed by atoms with E-state index in [-0.39, 0.29) is 10.3 Å². The maximum Gasteiger partial charge on any atom is 0.248 e. The lowest BCUT2D eigenvalue weighted by atomic mass is 9.63. The van der Waals surface area contributed by atoms with Crippen LogP contribution in [0.2, 0.25) is 0 Å². The van der Waals surface area contributed by atoms with Gasteiger partial charge in [-0.05, 0) is 46.1 Å². The van der Waals surface area contributed by atoms with E-state index >= 15 is 0 Å². The average Bonchev–Trinajstić information content (AvgIpc) is 3.00. The van der Waals surface area contributed by atoms with E-state index in [4.69, 9.17) is 4.52 Å². The van der Waals surface area contributed by atoms with Gasteiger partial charge in [0.25, 0.3) is 0 Å². The van der Waals surface area contributed by atoms with Crippen molar-refractivity contribution in [1.29, 1.82) is 0 Å². The smallest absolute Gasteiger partial charge is 0.248 e. The van der Waals surface area contributed by atoms with Crippen molar-refractivity contribution >= 4 is 10.0 Å². The van der Waals surface area contributed by atoms with Crippen LogP contribution in [0.15, 0.2) is 39.8 Å². The fraction of sp³-hybridized carbons (Fsp3) is 0.571. The fourth-order valence-corrected chi connectivity index (χ4v) is 6.75. The zero-order chi connectivity index (χ0) is 20.1. The molecule has 0 bridgehead atoms. The molecule has 152 valence electrons. The first-order valence-electron chi connectivity index (χ1n) is 10.00. The van der Waals surface area contributed by atoms with E-state index in [1.54, 1.807) is 18.2 Å². The van der Waals surface area contributed by atoms with Gasteiger partial charge in [0.2, 0.25) is 10.0 Å². The van der Waals surface area contributed by atoms with Crippen molar-refractivity contribution in [2.24, 2.45) is 5.41 Å². The van der Waals surface area contributed by atoms with Gasteiger partial charge in [0.1, 0.15) is 10.6 Å². The van der Waals surface area contributed by atoms with Gasteiger partial charge in [-0.15, -0.1) is 0 Å². The highest BCUT2D eigenvalue weighted by atomic mass is 32.2. The number of likely N-dealkylation sites (tertiary alicyclic amines) is 1. The van der Waals surface area contributed by atoms with Crippen molar-refractivity contribution in [2.75, 3.05) is 19.6 Å². The maximum atomic E-state index is 13.1. The summed E-state index contributed by atoms with van der Waals surface area (Å²) in [5.41, 5.74) is 1.93. The summed E-state index contributed by atoms with van der Waals surface area (Å²) in [4.78, 5) is 2.77. The van der Waals surface area contributed by atoms with Crippen LogP contribution in [0.3, 0.4) is 0 Å². The van der Waals surface area contributed by atoms with E-state index in [9.17, 15) is 8.42 Å². The zero-order valence-corrected chi connectivity index (χ0v) is 17.9. The van der Waals surface area contributed by atoms with Crippen LogP contribution in [0.25, 0.3) is 0 Å². The molecule has 0 saturated carbocycles. The average molecular weight is 404 g/mol. The lowest BCUT2D eigenvalue weighted by Crippen LogP contribution is -2.64. The van der Waals surface area contributed by atoms with Crippen molar-refractivity contribution in [3.8, 4) is 0 Å². The maximum absolute atomic E-state index is 13.1. The number of benzene rings is 1. The molecular formula is C21H29N3O3S. The molecular weight excluding hydrogens is 374 g/mol. The van der Waals surface area contributed by atoms with Gasteiger partial charge >= 0.3 is 0 Å². The zero-order valence-electron chi connectivity index (χ0n) is 17.1. The Morgan fingerprint density at radius 3 is 2.32 bits per heavy atom. The standard InChI is InChI=1S/C21H29N3O3S/c1-15(2)24-14-21(20(24)18-8-6-5-7-9-18)10-12-23(13-11-21)28(25,26)19-16(3)22-27-17(19)4/h5-9,15,20H,10-14H2,1-4H3. The molecule has 6 nitrogen and oxygen atoms in total. The Morgan fingerprint density at radius 2 is 1.79 bits per heavy atom. The lowest BCUT2D eigenvalue weighted by Gasteiger charge is -2.62. The van der Waals surface area contributed by atoms with Gasteiger partial charge in [0.15, 0.2) is 5.76 Å². The van der Waals surface area contributed by atoms with E-state index in [0.717, 1.165) is 19.4 Å². The minimum atomic E-state index is -3.56. The number of hydrogen-bond donors (Lipinski definition) is 0. The summed E-state index contributed by atoms with van der Waals surface area (Å²) in [7, 11) is -3.56. The topological polar surface area (TPSA) is 66.7 Å². The molecule has 1 spiro atoms. The molecule has 2 fully saturated rings. The molecule has 28 heavy (non-hydrogen) atoms. The van der Waals surface area contributed by atoms with Crippen LogP contribution in [0, 0.1) is 19.3 Å². The second kappa shape index (κ2) is 6.97. The lowest BCUT2D eigenvalue weighted by molar-refractivity contribution is -0.121. The summed E-state index contributed by atoms with van der Waals surface area (Å²) in [5, 5.41) is 3.83. The molecule has 2 aliphatic heterocycles. The summed E-state index contributed by atoms with van der Waals surface area (Å²) >= 11 is 0. The van der Waals surface area contributed by atoms with Gasteiger partial charge in [0, 0.05) is 37.1 Å². The molecule has 0 amide bonds. The molecule has 0 aliphatic carbocycles. The number of aromatic nitrogens is 1. The third-order valence-electron chi connectivity index (χ3n) is 6.47. The molecule has 2 saturated heterocycles. The highest BCUT2D eigenvalue weighted by Crippen LogP contribution is 2.56. The van der Waals surface area contributed by atoms with Crippen molar-refractivity contribution in [2.45, 2.75) is 57.5 Å². The fourth-order valence-electron chi connectivity index (χ4n) is 5.02. The predicted molar refractivity (Wildman–Crippen MR) is 107 cm³/mol. The summed E-state index contributed by atoms with van der Waals surface area (Å²) < 4.78 is 33.0. The quantitative estimate of drug-likeness (QED) is 0.781. The summed E-state index contributed by atoms with van der Waals surface area (Å²) in [6.07, 6.45) is 1.75. The number of rotatable bonds is 4. The Balaban J connectivity index is 1.56. The largest absolute Gasteiger partial charge is 0.360 e. The summed E-state index contributed by atoms with van der Waals surface area (Å²) in [5.74, 6) is 0.370. The van der Waals surface area contributed by atoms with Crippen LogP contribution >= 0.6 is 0 Å². The molecule has 4 rings (SSSR count). The van der Waals surface area contributed by atoms with Crippen LogP contribution in [0.5, 0.6) is 0 Å². The first-order valence-corrected chi connectivity index (χ1v) is 11.4. The SMILES string of the molecule is Cc1noc(C)c1S(=O)(=O)N1CCC2(CC1)CN(C(C)C)C2c1ccccc1. The number of aryl methyl sites for hydroxylation is 2. The number of nitrogens with zero attached hydrogens (tertiary/aromatic N) is 3. The predicted octanol–water partition coefficient (Wildman–Crippen LogP) is 3.53. The second-order valence-corrected chi connectivity index (χ2v) is 10.4. The summed E-state index contributed by atoms with van der Waals surface area (Å²) in [6.45, 7) is 9.94. The number of piperidine rings is 1. The van der Waals surface area contributed by atoms with Gasteiger partial charge in [-0.3, -0.25) is 4.90 Å². The van der Waals surface area contributed by atoms with Gasteiger partial charge in [-0.1, -0.05) is 35.5 Å². The highest BCUT2D eigenvalue weighted by molar-refractivity contribution is 7.89. The molecule has 1 unspecified atom stereocenters. The Labute approximate surface area is 167 Å². The van der Waals surface area contributed by atoms with Crippen molar-refractivity contribution in [3.63, 3.8) is 0 Å². The molecule has 1 aromatic carbocycles. The third kappa shape index (κ3) is 3.00. The molecule has 0 radical (unpaired) electrons. The monoisotopic (exact) mass is 403 g/mol. The van der Waals surface area contributed by atoms with Crippen molar-refractivity contribution in [3.05, 3.63) is 47.3 Å². The highest BCUT2D eigenvalue weighted by Gasteiger charge is 2.55. The van der Waals surface area contributed by atoms with Gasteiger partial charge in [-0.2, -0.15) is 4.31 Å². The van der Waals surface area contributed by atoms with Gasteiger partial charge in [0.05, 0.1) is 0 Å². The summed E-state index contributed by atoms with van der Waals surface area (Å²) in [6, 6.07) is 11.5. The van der Waals surface area contributed by atoms with E-state index in [1.807, 2.05) is 6.07 Å². The van der Waals surface area contributed by atoms with Crippen molar-refractivity contribution in [1.82, 2.24) is 14.4 Å².